The molecule has 1 unspecified atom stereocenters. The number of fused-ring (bicyclic) bond motifs is 1. The van der Waals surface area contributed by atoms with E-state index >= 15 is 4.39 Å². The molecular weight excluding hydrogens is 538 g/mol. The van der Waals surface area contributed by atoms with E-state index in [0.717, 1.165) is 18.4 Å². The summed E-state index contributed by atoms with van der Waals surface area (Å²) in [7, 11) is -7.88. The van der Waals surface area contributed by atoms with Crippen LogP contribution in [0.2, 0.25) is 0 Å². The SMILES string of the molecule is CCC(C)n1c(=O)c(-c2ccc(NS(=O)(=O)Cc3ccccc3F)c(F)c2)cc2cnc(S(C)(=O)=O)nc21. The van der Waals surface area contributed by atoms with Crippen molar-refractivity contribution in [2.45, 2.75) is 37.2 Å². The number of nitrogens with one attached hydrogen (secondary N) is 1. The first-order chi connectivity index (χ1) is 17.8. The third-order valence-electron chi connectivity index (χ3n) is 5.96. The third-order valence-corrected chi connectivity index (χ3v) is 8.05. The number of rotatable bonds is 8. The first-order valence-electron chi connectivity index (χ1n) is 11.5. The summed E-state index contributed by atoms with van der Waals surface area (Å²) in [6.45, 7) is 3.61. The molecule has 0 radical (unpaired) electrons. The Labute approximate surface area is 218 Å². The lowest BCUT2D eigenvalue weighted by molar-refractivity contribution is 0.526. The summed E-state index contributed by atoms with van der Waals surface area (Å²) in [5, 5.41) is -0.0605. The van der Waals surface area contributed by atoms with Gasteiger partial charge < -0.3 is 0 Å². The van der Waals surface area contributed by atoms with Gasteiger partial charge in [0.15, 0.2) is 0 Å². The molecule has 0 bridgehead atoms. The number of benzene rings is 2. The van der Waals surface area contributed by atoms with E-state index in [4.69, 9.17) is 0 Å². The number of nitrogens with zero attached hydrogens (tertiary/aromatic N) is 3. The van der Waals surface area contributed by atoms with Gasteiger partial charge in [0.2, 0.25) is 25.0 Å². The highest BCUT2D eigenvalue weighted by atomic mass is 32.2. The van der Waals surface area contributed by atoms with Crippen molar-refractivity contribution in [1.29, 1.82) is 0 Å². The second-order valence-electron chi connectivity index (χ2n) is 8.84. The summed E-state index contributed by atoms with van der Waals surface area (Å²) >= 11 is 0. The molecule has 1 N–H and O–H groups in total. The first kappa shape index (κ1) is 27.3. The standard InChI is InChI=1S/C25H24F2N4O5S2/c1-4-15(2)31-23-18(13-28-25(29-23)37(3,33)34)11-19(24(31)32)16-9-10-22(21(27)12-16)30-38(35,36)14-17-7-5-6-8-20(17)26/h5-13,15,30H,4,14H2,1-3H3. The summed E-state index contributed by atoms with van der Waals surface area (Å²) < 4.78 is 81.4. The van der Waals surface area contributed by atoms with Gasteiger partial charge in [0.05, 0.1) is 11.4 Å². The lowest BCUT2D eigenvalue weighted by Crippen LogP contribution is -2.26. The number of hydrogen-bond acceptors (Lipinski definition) is 7. The van der Waals surface area contributed by atoms with Crippen molar-refractivity contribution >= 4 is 36.6 Å². The van der Waals surface area contributed by atoms with Crippen LogP contribution in [0.1, 0.15) is 31.9 Å². The Bertz CT molecular complexity index is 1820. The molecular formula is C25H24F2N4O5S2. The average molecular weight is 563 g/mol. The second-order valence-corrected chi connectivity index (χ2v) is 12.5. The van der Waals surface area contributed by atoms with Gasteiger partial charge in [-0.1, -0.05) is 31.2 Å². The summed E-state index contributed by atoms with van der Waals surface area (Å²) in [5.41, 5.74) is -0.586. The molecule has 13 heteroatoms. The fourth-order valence-corrected chi connectivity index (χ4v) is 5.58. The van der Waals surface area contributed by atoms with Gasteiger partial charge in [-0.25, -0.2) is 30.6 Å². The highest BCUT2D eigenvalue weighted by Crippen LogP contribution is 2.27. The van der Waals surface area contributed by atoms with E-state index in [1.165, 1.54) is 47.2 Å². The fourth-order valence-electron chi connectivity index (χ4n) is 3.87. The zero-order chi connectivity index (χ0) is 27.8. The van der Waals surface area contributed by atoms with Crippen LogP contribution < -0.4 is 10.3 Å². The summed E-state index contributed by atoms with van der Waals surface area (Å²) in [6, 6.07) is 9.98. The Kier molecular flexibility index (Phi) is 7.35. The van der Waals surface area contributed by atoms with Crippen molar-refractivity contribution < 1.29 is 25.6 Å². The summed E-state index contributed by atoms with van der Waals surface area (Å²) in [6.07, 6.45) is 2.76. The van der Waals surface area contributed by atoms with E-state index in [1.54, 1.807) is 6.92 Å². The number of sulfone groups is 1. The topological polar surface area (TPSA) is 128 Å². The predicted molar refractivity (Wildman–Crippen MR) is 140 cm³/mol. The van der Waals surface area contributed by atoms with E-state index in [-0.39, 0.29) is 34.1 Å². The van der Waals surface area contributed by atoms with Crippen molar-refractivity contribution in [3.63, 3.8) is 0 Å². The van der Waals surface area contributed by atoms with E-state index in [0.29, 0.717) is 11.8 Å². The summed E-state index contributed by atoms with van der Waals surface area (Å²) in [4.78, 5) is 21.5. The Morgan fingerprint density at radius 2 is 1.74 bits per heavy atom. The molecule has 0 aliphatic heterocycles. The molecule has 2 aromatic carbocycles. The Hall–Kier alpha value is -3.71. The molecule has 9 nitrogen and oxygen atoms in total. The van der Waals surface area contributed by atoms with Crippen LogP contribution >= 0.6 is 0 Å². The molecule has 38 heavy (non-hydrogen) atoms. The van der Waals surface area contributed by atoms with Gasteiger partial charge >= 0.3 is 0 Å². The molecule has 0 fully saturated rings. The van der Waals surface area contributed by atoms with Crippen LogP contribution in [-0.4, -0.2) is 37.6 Å². The molecule has 1 atom stereocenters. The van der Waals surface area contributed by atoms with Crippen molar-refractivity contribution in [2.24, 2.45) is 0 Å². The summed E-state index contributed by atoms with van der Waals surface area (Å²) in [5.74, 6) is -2.34. The van der Waals surface area contributed by atoms with Gasteiger partial charge in [-0.05, 0) is 43.2 Å². The molecule has 0 aliphatic carbocycles. The number of hydrogen-bond donors (Lipinski definition) is 1. The average Bonchev–Trinajstić information content (AvgIpc) is 2.85. The highest BCUT2D eigenvalue weighted by Gasteiger charge is 2.21. The van der Waals surface area contributed by atoms with Crippen LogP contribution in [-0.2, 0) is 25.6 Å². The molecule has 0 aliphatic rings. The van der Waals surface area contributed by atoms with Crippen LogP contribution in [0.15, 0.2) is 64.7 Å². The Balaban J connectivity index is 1.76. The third kappa shape index (κ3) is 5.58. The van der Waals surface area contributed by atoms with Crippen molar-refractivity contribution in [1.82, 2.24) is 14.5 Å². The Morgan fingerprint density at radius 3 is 2.37 bits per heavy atom. The van der Waals surface area contributed by atoms with Crippen LogP contribution in [0.25, 0.3) is 22.2 Å². The van der Waals surface area contributed by atoms with Gasteiger partial charge in [0, 0.05) is 35.0 Å². The largest absolute Gasteiger partial charge is 0.289 e. The van der Waals surface area contributed by atoms with Gasteiger partial charge in [-0.3, -0.25) is 14.1 Å². The zero-order valence-corrected chi connectivity index (χ0v) is 22.3. The van der Waals surface area contributed by atoms with E-state index < -0.39 is 48.0 Å². The zero-order valence-electron chi connectivity index (χ0n) is 20.6. The normalized spacial score (nSPS) is 13.0. The smallest absolute Gasteiger partial charge is 0.260 e. The maximum atomic E-state index is 15.0. The molecule has 2 aromatic heterocycles. The lowest BCUT2D eigenvalue weighted by atomic mass is 10.0. The number of anilines is 1. The monoisotopic (exact) mass is 562 g/mol. The minimum absolute atomic E-state index is 0.0694. The van der Waals surface area contributed by atoms with Gasteiger partial charge in [-0.2, -0.15) is 4.98 Å². The minimum atomic E-state index is -4.15. The lowest BCUT2D eigenvalue weighted by Gasteiger charge is -2.18. The molecule has 4 aromatic rings. The van der Waals surface area contributed by atoms with Crippen LogP contribution in [0.4, 0.5) is 14.5 Å². The first-order valence-corrected chi connectivity index (χ1v) is 15.0. The molecule has 4 rings (SSSR count). The predicted octanol–water partition coefficient (Wildman–Crippen LogP) is 4.05. The maximum Gasteiger partial charge on any atom is 0.260 e. The van der Waals surface area contributed by atoms with Crippen molar-refractivity contribution in [2.75, 3.05) is 11.0 Å². The van der Waals surface area contributed by atoms with Gasteiger partial charge in [0.1, 0.15) is 17.3 Å². The Morgan fingerprint density at radius 1 is 1.03 bits per heavy atom. The molecule has 0 spiro atoms. The molecule has 0 saturated heterocycles. The number of pyridine rings is 1. The quantitative estimate of drug-likeness (QED) is 0.321. The van der Waals surface area contributed by atoms with Crippen LogP contribution in [0.5, 0.6) is 0 Å². The van der Waals surface area contributed by atoms with Crippen LogP contribution in [0, 0.1) is 11.6 Å². The van der Waals surface area contributed by atoms with Gasteiger partial charge in [-0.15, -0.1) is 0 Å². The minimum Gasteiger partial charge on any atom is -0.289 e. The number of sulfonamides is 1. The maximum absolute atomic E-state index is 15.0. The van der Waals surface area contributed by atoms with E-state index in [1.807, 2.05) is 6.92 Å². The van der Waals surface area contributed by atoms with E-state index in [9.17, 15) is 26.0 Å². The second kappa shape index (κ2) is 10.2. The fraction of sp³-hybridized carbons (Fsp3) is 0.240. The van der Waals surface area contributed by atoms with Crippen molar-refractivity contribution in [3.05, 3.63) is 82.3 Å². The molecule has 200 valence electrons. The molecule has 0 amide bonds. The molecule has 0 saturated carbocycles. The number of aromatic nitrogens is 3. The van der Waals surface area contributed by atoms with Crippen molar-refractivity contribution in [3.8, 4) is 11.1 Å². The highest BCUT2D eigenvalue weighted by molar-refractivity contribution is 7.92. The van der Waals surface area contributed by atoms with E-state index in [2.05, 4.69) is 14.7 Å². The molecule has 2 heterocycles. The van der Waals surface area contributed by atoms with Gasteiger partial charge in [0.25, 0.3) is 5.56 Å². The number of halogens is 2. The van der Waals surface area contributed by atoms with Crippen LogP contribution in [0.3, 0.4) is 0 Å².